The van der Waals surface area contributed by atoms with Crippen LogP contribution >= 0.6 is 0 Å². The fourth-order valence-electron chi connectivity index (χ4n) is 4.53. The first-order valence-electron chi connectivity index (χ1n) is 14.0. The van der Waals surface area contributed by atoms with Crippen LogP contribution in [0.3, 0.4) is 0 Å². The molecule has 0 radical (unpaired) electrons. The summed E-state index contributed by atoms with van der Waals surface area (Å²) in [5, 5.41) is 24.7. The van der Waals surface area contributed by atoms with Crippen LogP contribution in [0.4, 0.5) is 5.69 Å². The van der Waals surface area contributed by atoms with Gasteiger partial charge in [-0.1, -0.05) is 44.2 Å². The molecule has 0 fully saturated rings. The molecule has 47 heavy (non-hydrogen) atoms. The van der Waals surface area contributed by atoms with Gasteiger partial charge in [-0.15, -0.1) is 0 Å². The van der Waals surface area contributed by atoms with E-state index in [1.807, 2.05) is 24.3 Å². The van der Waals surface area contributed by atoms with E-state index in [2.05, 4.69) is 10.6 Å². The highest BCUT2D eigenvalue weighted by Gasteiger charge is 2.27. The molecule has 4 rings (SSSR count). The molecule has 0 aliphatic carbocycles. The molecule has 4 aromatic carbocycles. The minimum absolute atomic E-state index is 0.0306. The number of nitrogens with one attached hydrogen (secondary N) is 3. The van der Waals surface area contributed by atoms with Gasteiger partial charge in [-0.25, -0.2) is 9.59 Å². The molecule has 0 bridgehead atoms. The lowest BCUT2D eigenvalue weighted by molar-refractivity contribution is -0.144. The number of esters is 1. The molecule has 1 unspecified atom stereocenters. The Morgan fingerprint density at radius 3 is 1.89 bits per heavy atom. The van der Waals surface area contributed by atoms with Crippen LogP contribution in [-0.2, 0) is 19.6 Å². The summed E-state index contributed by atoms with van der Waals surface area (Å²) in [5.74, 6) is -3.41. The molecule has 0 saturated carbocycles. The Hall–Kier alpha value is -5.60. The van der Waals surface area contributed by atoms with Gasteiger partial charge in [0.25, 0.3) is 21.9 Å². The zero-order valence-electron chi connectivity index (χ0n) is 25.9. The Morgan fingerprint density at radius 1 is 0.830 bits per heavy atom. The van der Waals surface area contributed by atoms with Crippen LogP contribution in [0.5, 0.6) is 0 Å². The highest BCUT2D eigenvalue weighted by atomic mass is 32.2. The number of hydrogen-bond donors (Lipinski definition) is 6. The zero-order valence-corrected chi connectivity index (χ0v) is 26.7. The molecule has 2 amide bonds. The standard InChI is InChI=1S/C32H30N4O6.CH4O3S/c1-17(2)27(32(41)42-3)36-29(37)21-10-13-23(26(16-21)31(39)40)24-14-19-6-4-5-7-20(19)15-25(24)30(38)35-22-11-8-18(9-12-22)28(33)34;1-5(2,3)4/h4-17,27H,1-3H3,(H3,33,34)(H,35,38)(H,36,37)(H,39,40);1H3,(H,2,3,4). The average Bonchev–Trinajstić information content (AvgIpc) is 3.01. The highest BCUT2D eigenvalue weighted by molar-refractivity contribution is 7.85. The Morgan fingerprint density at radius 2 is 1.38 bits per heavy atom. The summed E-state index contributed by atoms with van der Waals surface area (Å²) in [6, 6.07) is 20.4. The number of ether oxygens (including phenoxy) is 1. The number of rotatable bonds is 9. The second-order valence-electron chi connectivity index (χ2n) is 10.7. The third kappa shape index (κ3) is 9.69. The van der Waals surface area contributed by atoms with Gasteiger partial charge in [0.1, 0.15) is 11.9 Å². The van der Waals surface area contributed by atoms with Crippen molar-refractivity contribution < 1.29 is 42.0 Å². The molecule has 0 aromatic heterocycles. The van der Waals surface area contributed by atoms with Gasteiger partial charge in [0.15, 0.2) is 0 Å². The number of methoxy groups -OCH3 is 1. The molecule has 14 heteroatoms. The van der Waals surface area contributed by atoms with Gasteiger partial charge >= 0.3 is 11.9 Å². The number of anilines is 1. The minimum Gasteiger partial charge on any atom is -0.478 e. The molecule has 0 aliphatic heterocycles. The summed E-state index contributed by atoms with van der Waals surface area (Å²) < 4.78 is 30.6. The number of carbonyl (C=O) groups is 4. The van der Waals surface area contributed by atoms with E-state index >= 15 is 0 Å². The van der Waals surface area contributed by atoms with Crippen LogP contribution < -0.4 is 16.4 Å². The number of amides is 2. The van der Waals surface area contributed by atoms with Gasteiger partial charge < -0.3 is 26.2 Å². The van der Waals surface area contributed by atoms with Crippen molar-refractivity contribution >= 4 is 56.2 Å². The summed E-state index contributed by atoms with van der Waals surface area (Å²) in [5.41, 5.74) is 7.11. The number of benzene rings is 4. The number of aromatic carboxylic acids is 1. The van der Waals surface area contributed by atoms with Gasteiger partial charge in [0, 0.05) is 22.4 Å². The zero-order chi connectivity index (χ0) is 35.1. The normalized spacial score (nSPS) is 11.5. The van der Waals surface area contributed by atoms with Crippen LogP contribution in [0.1, 0.15) is 50.5 Å². The molecular formula is C33H34N4O9S. The maximum atomic E-state index is 13.6. The monoisotopic (exact) mass is 662 g/mol. The summed E-state index contributed by atoms with van der Waals surface area (Å²) in [6.45, 7) is 3.50. The number of amidine groups is 1. The Balaban J connectivity index is 0.00000111. The molecule has 4 aromatic rings. The van der Waals surface area contributed by atoms with Crippen LogP contribution in [0, 0.1) is 11.3 Å². The van der Waals surface area contributed by atoms with Crippen molar-refractivity contribution in [3.63, 3.8) is 0 Å². The van der Waals surface area contributed by atoms with Gasteiger partial charge in [0.05, 0.1) is 18.9 Å². The lowest BCUT2D eigenvalue weighted by Gasteiger charge is -2.20. The first-order valence-corrected chi connectivity index (χ1v) is 15.8. The summed E-state index contributed by atoms with van der Waals surface area (Å²) in [4.78, 5) is 51.2. The van der Waals surface area contributed by atoms with Crippen LogP contribution in [0.25, 0.3) is 21.9 Å². The second-order valence-corrected chi connectivity index (χ2v) is 12.2. The van der Waals surface area contributed by atoms with Gasteiger partial charge in [-0.05, 0) is 76.3 Å². The molecule has 1 atom stereocenters. The molecule has 0 heterocycles. The van der Waals surface area contributed by atoms with E-state index < -0.39 is 39.9 Å². The second kappa shape index (κ2) is 15.1. The van der Waals surface area contributed by atoms with E-state index in [-0.39, 0.29) is 34.0 Å². The molecule has 7 N–H and O–H groups in total. The largest absolute Gasteiger partial charge is 0.478 e. The van der Waals surface area contributed by atoms with Crippen molar-refractivity contribution in [2.24, 2.45) is 11.7 Å². The van der Waals surface area contributed by atoms with Crippen molar-refractivity contribution in [3.8, 4) is 11.1 Å². The number of carboxylic acid groups (broad SMARTS) is 1. The van der Waals surface area contributed by atoms with Gasteiger partial charge in [0.2, 0.25) is 0 Å². The molecule has 13 nitrogen and oxygen atoms in total. The number of carbonyl (C=O) groups excluding carboxylic acids is 3. The molecule has 246 valence electrons. The molecule has 0 spiro atoms. The molecular weight excluding hydrogens is 628 g/mol. The fraction of sp³-hybridized carbons (Fsp3) is 0.182. The van der Waals surface area contributed by atoms with Crippen molar-refractivity contribution in [1.29, 1.82) is 5.41 Å². The predicted molar refractivity (Wildman–Crippen MR) is 177 cm³/mol. The van der Waals surface area contributed by atoms with Crippen LogP contribution in [0.2, 0.25) is 0 Å². The maximum absolute atomic E-state index is 13.6. The number of carboxylic acids is 1. The Labute approximate surface area is 271 Å². The number of nitrogens with two attached hydrogens (primary N) is 1. The van der Waals surface area contributed by atoms with Crippen LogP contribution in [0.15, 0.2) is 78.9 Å². The van der Waals surface area contributed by atoms with E-state index in [0.29, 0.717) is 23.1 Å². The smallest absolute Gasteiger partial charge is 0.336 e. The molecule has 0 saturated heterocycles. The topological polar surface area (TPSA) is 226 Å². The first kappa shape index (κ1) is 35.9. The van der Waals surface area contributed by atoms with E-state index in [9.17, 15) is 32.7 Å². The molecule has 0 aliphatic rings. The summed E-state index contributed by atoms with van der Waals surface area (Å²) in [7, 11) is -2.44. The summed E-state index contributed by atoms with van der Waals surface area (Å²) in [6.07, 6.45) is 0.715. The quantitative estimate of drug-likeness (QED) is 0.0649. The number of nitrogen functional groups attached to an aromatic ring is 1. The first-order chi connectivity index (χ1) is 22.0. The third-order valence-corrected chi connectivity index (χ3v) is 6.79. The summed E-state index contributed by atoms with van der Waals surface area (Å²) >= 11 is 0. The minimum atomic E-state index is -3.67. The van der Waals surface area contributed by atoms with E-state index in [1.165, 1.54) is 25.3 Å². The lowest BCUT2D eigenvalue weighted by Crippen LogP contribution is -2.45. The van der Waals surface area contributed by atoms with Gasteiger partial charge in [-0.2, -0.15) is 8.42 Å². The number of hydrogen-bond acceptors (Lipinski definition) is 8. The van der Waals surface area contributed by atoms with E-state index in [4.69, 9.17) is 20.4 Å². The fourth-order valence-corrected chi connectivity index (χ4v) is 4.53. The lowest BCUT2D eigenvalue weighted by atomic mass is 9.91. The van der Waals surface area contributed by atoms with Crippen molar-refractivity contribution in [1.82, 2.24) is 5.32 Å². The van der Waals surface area contributed by atoms with Crippen molar-refractivity contribution in [3.05, 3.63) is 101 Å². The highest BCUT2D eigenvalue weighted by Crippen LogP contribution is 2.33. The number of fused-ring (bicyclic) bond motifs is 1. The predicted octanol–water partition coefficient (Wildman–Crippen LogP) is 4.17. The maximum Gasteiger partial charge on any atom is 0.336 e. The van der Waals surface area contributed by atoms with Crippen molar-refractivity contribution in [2.75, 3.05) is 18.7 Å². The van der Waals surface area contributed by atoms with Crippen LogP contribution in [-0.4, -0.2) is 67.1 Å². The van der Waals surface area contributed by atoms with Gasteiger partial charge in [-0.3, -0.25) is 19.6 Å². The van der Waals surface area contributed by atoms with Crippen molar-refractivity contribution in [2.45, 2.75) is 19.9 Å². The SMILES string of the molecule is COC(=O)C(NC(=O)c1ccc(-c2cc3ccccc3cc2C(=O)Nc2ccc(C(=N)N)cc2)c(C(=O)O)c1)C(C)C.CS(=O)(=O)O. The van der Waals surface area contributed by atoms with E-state index in [0.717, 1.165) is 10.8 Å². The third-order valence-electron chi connectivity index (χ3n) is 6.79. The Bertz CT molecular complexity index is 1950. The average molecular weight is 663 g/mol. The van der Waals surface area contributed by atoms with E-state index in [1.54, 1.807) is 50.2 Å². The Kier molecular flexibility index (Phi) is 11.5.